The second-order valence-electron chi connectivity index (χ2n) is 4.57. The number of nitrogens with zero attached hydrogens (tertiary/aromatic N) is 3. The van der Waals surface area contributed by atoms with Crippen LogP contribution in [-0.4, -0.2) is 16.5 Å². The summed E-state index contributed by atoms with van der Waals surface area (Å²) in [5, 5.41) is 10.9. The van der Waals surface area contributed by atoms with E-state index in [4.69, 9.17) is 11.6 Å². The molecule has 0 saturated carbocycles. The lowest BCUT2D eigenvalue weighted by Gasteiger charge is -2.23. The summed E-state index contributed by atoms with van der Waals surface area (Å²) >= 11 is 5.82. The predicted octanol–water partition coefficient (Wildman–Crippen LogP) is 3.76. The second kappa shape index (κ2) is 7.04. The van der Waals surface area contributed by atoms with E-state index in [2.05, 4.69) is 9.88 Å². The molecule has 0 fully saturated rings. The van der Waals surface area contributed by atoms with Crippen LogP contribution >= 0.6 is 11.6 Å². The fourth-order valence-corrected chi connectivity index (χ4v) is 2.36. The van der Waals surface area contributed by atoms with Crippen molar-refractivity contribution in [2.75, 3.05) is 11.4 Å². The van der Waals surface area contributed by atoms with Crippen molar-refractivity contribution in [1.82, 2.24) is 4.98 Å². The highest BCUT2D eigenvalue weighted by molar-refractivity contribution is 6.17. The SMILES string of the molecule is CCN(Cc1ccncc1)c1ccc([N+](=O)[O-])c(CCl)c1. The van der Waals surface area contributed by atoms with Crippen molar-refractivity contribution < 1.29 is 4.92 Å². The Bertz CT molecular complexity index is 620. The number of anilines is 1. The lowest BCUT2D eigenvalue weighted by molar-refractivity contribution is -0.385. The molecule has 21 heavy (non-hydrogen) atoms. The molecule has 0 aliphatic heterocycles. The summed E-state index contributed by atoms with van der Waals surface area (Å²) in [6, 6.07) is 8.98. The van der Waals surface area contributed by atoms with Gasteiger partial charge in [0.25, 0.3) is 5.69 Å². The van der Waals surface area contributed by atoms with Crippen LogP contribution in [0.2, 0.25) is 0 Å². The first-order valence-corrected chi connectivity index (χ1v) is 7.16. The third kappa shape index (κ3) is 3.70. The van der Waals surface area contributed by atoms with Crippen LogP contribution in [0.25, 0.3) is 0 Å². The summed E-state index contributed by atoms with van der Waals surface area (Å²) in [7, 11) is 0. The van der Waals surface area contributed by atoms with E-state index in [-0.39, 0.29) is 11.6 Å². The van der Waals surface area contributed by atoms with E-state index in [1.165, 1.54) is 6.07 Å². The van der Waals surface area contributed by atoms with E-state index >= 15 is 0 Å². The molecule has 0 saturated heterocycles. The molecule has 110 valence electrons. The Labute approximate surface area is 128 Å². The van der Waals surface area contributed by atoms with Crippen LogP contribution in [0.5, 0.6) is 0 Å². The van der Waals surface area contributed by atoms with E-state index in [0.29, 0.717) is 5.56 Å². The van der Waals surface area contributed by atoms with E-state index in [0.717, 1.165) is 24.3 Å². The Kier molecular flexibility index (Phi) is 5.11. The van der Waals surface area contributed by atoms with Crippen molar-refractivity contribution >= 4 is 23.0 Å². The van der Waals surface area contributed by atoms with Gasteiger partial charge in [-0.25, -0.2) is 0 Å². The number of nitro benzene ring substituents is 1. The lowest BCUT2D eigenvalue weighted by atomic mass is 10.1. The van der Waals surface area contributed by atoms with Gasteiger partial charge >= 0.3 is 0 Å². The van der Waals surface area contributed by atoms with Gasteiger partial charge in [0.1, 0.15) is 0 Å². The minimum absolute atomic E-state index is 0.0636. The van der Waals surface area contributed by atoms with Gasteiger partial charge in [0.15, 0.2) is 0 Å². The highest BCUT2D eigenvalue weighted by Gasteiger charge is 2.15. The maximum atomic E-state index is 10.9. The Morgan fingerprint density at radius 3 is 2.57 bits per heavy atom. The van der Waals surface area contributed by atoms with E-state index in [1.807, 2.05) is 19.1 Å². The zero-order chi connectivity index (χ0) is 15.2. The average Bonchev–Trinajstić information content (AvgIpc) is 2.52. The molecule has 2 aromatic rings. The smallest absolute Gasteiger partial charge is 0.273 e. The first-order chi connectivity index (χ1) is 10.2. The molecule has 0 aliphatic rings. The van der Waals surface area contributed by atoms with Crippen molar-refractivity contribution in [2.24, 2.45) is 0 Å². The molecule has 0 radical (unpaired) electrons. The molecule has 0 amide bonds. The maximum absolute atomic E-state index is 10.9. The number of alkyl halides is 1. The molecule has 6 heteroatoms. The Morgan fingerprint density at radius 1 is 1.29 bits per heavy atom. The molecule has 0 unspecified atom stereocenters. The van der Waals surface area contributed by atoms with Crippen molar-refractivity contribution in [3.8, 4) is 0 Å². The number of benzene rings is 1. The maximum Gasteiger partial charge on any atom is 0.273 e. The van der Waals surface area contributed by atoms with Gasteiger partial charge in [0, 0.05) is 42.8 Å². The quantitative estimate of drug-likeness (QED) is 0.463. The van der Waals surface area contributed by atoms with Crippen molar-refractivity contribution in [3.63, 3.8) is 0 Å². The van der Waals surface area contributed by atoms with Gasteiger partial charge in [0.2, 0.25) is 0 Å². The van der Waals surface area contributed by atoms with Crippen LogP contribution < -0.4 is 4.90 Å². The van der Waals surface area contributed by atoms with Gasteiger partial charge in [-0.2, -0.15) is 0 Å². The normalized spacial score (nSPS) is 10.4. The highest BCUT2D eigenvalue weighted by atomic mass is 35.5. The molecule has 0 N–H and O–H groups in total. The third-order valence-corrected chi connectivity index (χ3v) is 3.56. The fraction of sp³-hybridized carbons (Fsp3) is 0.267. The van der Waals surface area contributed by atoms with Crippen LogP contribution in [-0.2, 0) is 12.4 Å². The number of hydrogen-bond acceptors (Lipinski definition) is 4. The molecule has 0 aliphatic carbocycles. The number of halogens is 1. The van der Waals surface area contributed by atoms with E-state index in [9.17, 15) is 10.1 Å². The van der Waals surface area contributed by atoms with Gasteiger partial charge in [-0.1, -0.05) is 0 Å². The Balaban J connectivity index is 2.28. The minimum Gasteiger partial charge on any atom is -0.367 e. The predicted molar refractivity (Wildman–Crippen MR) is 83.6 cm³/mol. The zero-order valence-corrected chi connectivity index (χ0v) is 12.5. The summed E-state index contributed by atoms with van der Waals surface area (Å²) in [6.07, 6.45) is 3.51. The first kappa shape index (κ1) is 15.3. The molecule has 0 atom stereocenters. The Morgan fingerprint density at radius 2 is 2.00 bits per heavy atom. The van der Waals surface area contributed by atoms with Crippen molar-refractivity contribution in [3.05, 3.63) is 64.0 Å². The first-order valence-electron chi connectivity index (χ1n) is 6.62. The van der Waals surface area contributed by atoms with Gasteiger partial charge in [-0.05, 0) is 36.8 Å². The number of rotatable bonds is 6. The van der Waals surface area contributed by atoms with Crippen LogP contribution in [0, 0.1) is 10.1 Å². The summed E-state index contributed by atoms with van der Waals surface area (Å²) in [4.78, 5) is 16.7. The average molecular weight is 306 g/mol. The van der Waals surface area contributed by atoms with Gasteiger partial charge < -0.3 is 4.90 Å². The summed E-state index contributed by atoms with van der Waals surface area (Å²) in [5.74, 6) is 0.122. The summed E-state index contributed by atoms with van der Waals surface area (Å²) in [6.45, 7) is 3.56. The molecule has 2 rings (SSSR count). The molecule has 1 aromatic carbocycles. The fourth-order valence-electron chi connectivity index (χ4n) is 2.15. The molecule has 1 aromatic heterocycles. The van der Waals surface area contributed by atoms with Gasteiger partial charge in [-0.15, -0.1) is 11.6 Å². The van der Waals surface area contributed by atoms with Crippen molar-refractivity contribution in [1.29, 1.82) is 0 Å². The number of pyridine rings is 1. The van der Waals surface area contributed by atoms with Gasteiger partial charge in [0.05, 0.1) is 10.8 Å². The molecule has 1 heterocycles. The molecule has 5 nitrogen and oxygen atoms in total. The summed E-state index contributed by atoms with van der Waals surface area (Å²) in [5.41, 5.74) is 2.66. The zero-order valence-electron chi connectivity index (χ0n) is 11.7. The number of aromatic nitrogens is 1. The van der Waals surface area contributed by atoms with Crippen molar-refractivity contribution in [2.45, 2.75) is 19.3 Å². The monoisotopic (exact) mass is 305 g/mol. The van der Waals surface area contributed by atoms with E-state index in [1.54, 1.807) is 24.5 Å². The van der Waals surface area contributed by atoms with Crippen LogP contribution in [0.4, 0.5) is 11.4 Å². The topological polar surface area (TPSA) is 59.3 Å². The molecule has 0 spiro atoms. The Hall–Kier alpha value is -2.14. The standard InChI is InChI=1S/C15H16ClN3O2/c1-2-18(11-12-5-7-17-8-6-12)14-3-4-15(19(20)21)13(9-14)10-16/h3-9H,2,10-11H2,1H3. The van der Waals surface area contributed by atoms with Gasteiger partial charge in [-0.3, -0.25) is 15.1 Å². The second-order valence-corrected chi connectivity index (χ2v) is 4.84. The highest BCUT2D eigenvalue weighted by Crippen LogP contribution is 2.27. The van der Waals surface area contributed by atoms with E-state index < -0.39 is 4.92 Å². The van der Waals surface area contributed by atoms with Crippen LogP contribution in [0.1, 0.15) is 18.1 Å². The molecular weight excluding hydrogens is 290 g/mol. The molecular formula is C15H16ClN3O2. The number of hydrogen-bond donors (Lipinski definition) is 0. The van der Waals surface area contributed by atoms with Crippen LogP contribution in [0.3, 0.4) is 0 Å². The number of nitro groups is 1. The summed E-state index contributed by atoms with van der Waals surface area (Å²) < 4.78 is 0. The molecule has 0 bridgehead atoms. The van der Waals surface area contributed by atoms with Crippen LogP contribution in [0.15, 0.2) is 42.7 Å². The third-order valence-electron chi connectivity index (χ3n) is 3.27. The minimum atomic E-state index is -0.402. The largest absolute Gasteiger partial charge is 0.367 e. The lowest BCUT2D eigenvalue weighted by Crippen LogP contribution is -2.22.